The van der Waals surface area contributed by atoms with Crippen molar-refractivity contribution in [3.63, 3.8) is 0 Å². The molecule has 2 aliphatic rings. The van der Waals surface area contributed by atoms with E-state index in [9.17, 15) is 0 Å². The third-order valence-corrected chi connectivity index (χ3v) is 4.45. The van der Waals surface area contributed by atoms with Gasteiger partial charge >= 0.3 is 0 Å². The Labute approximate surface area is 100 Å². The van der Waals surface area contributed by atoms with E-state index in [1.54, 1.807) is 0 Å². The maximum Gasteiger partial charge on any atom is 0.0217 e. The van der Waals surface area contributed by atoms with Crippen LogP contribution in [-0.4, -0.2) is 61.7 Å². The molecule has 0 aromatic heterocycles. The second-order valence-corrected chi connectivity index (χ2v) is 5.76. The number of likely N-dealkylation sites (tertiary alicyclic amines) is 2. The Balaban J connectivity index is 1.71. The van der Waals surface area contributed by atoms with Crippen LogP contribution >= 0.6 is 0 Å². The van der Waals surface area contributed by atoms with Crippen LogP contribution in [-0.2, 0) is 0 Å². The van der Waals surface area contributed by atoms with Crippen LogP contribution in [0.5, 0.6) is 0 Å². The van der Waals surface area contributed by atoms with Gasteiger partial charge in [0, 0.05) is 31.2 Å². The zero-order valence-corrected chi connectivity index (χ0v) is 11.1. The fourth-order valence-corrected chi connectivity index (χ4v) is 3.05. The Bertz CT molecular complexity index is 209. The molecule has 16 heavy (non-hydrogen) atoms. The topological polar surface area (TPSA) is 18.5 Å². The summed E-state index contributed by atoms with van der Waals surface area (Å²) in [6.45, 7) is 6.01. The monoisotopic (exact) mass is 225 g/mol. The predicted molar refractivity (Wildman–Crippen MR) is 68.8 cm³/mol. The largest absolute Gasteiger partial charge is 0.311 e. The van der Waals surface area contributed by atoms with Gasteiger partial charge in [0.05, 0.1) is 0 Å². The van der Waals surface area contributed by atoms with Crippen molar-refractivity contribution in [3.8, 4) is 0 Å². The van der Waals surface area contributed by atoms with E-state index in [0.717, 1.165) is 18.1 Å². The normalized spacial score (nSPS) is 38.1. The summed E-state index contributed by atoms with van der Waals surface area (Å²) < 4.78 is 0. The number of rotatable bonds is 3. The van der Waals surface area contributed by atoms with Gasteiger partial charge in [0.25, 0.3) is 0 Å². The molecular weight excluding hydrogens is 198 g/mol. The van der Waals surface area contributed by atoms with E-state index in [4.69, 9.17) is 0 Å². The van der Waals surface area contributed by atoms with E-state index in [2.05, 4.69) is 36.1 Å². The average Bonchev–Trinajstić information content (AvgIpc) is 2.57. The first-order chi connectivity index (χ1) is 7.66. The molecule has 0 radical (unpaired) electrons. The summed E-state index contributed by atoms with van der Waals surface area (Å²) in [5.41, 5.74) is 0. The highest BCUT2D eigenvalue weighted by atomic mass is 15.2. The second-order valence-electron chi connectivity index (χ2n) is 5.76. The van der Waals surface area contributed by atoms with Gasteiger partial charge in [0.15, 0.2) is 0 Å². The fraction of sp³-hybridized carbons (Fsp3) is 1.00. The van der Waals surface area contributed by atoms with Crippen molar-refractivity contribution in [2.24, 2.45) is 0 Å². The maximum absolute atomic E-state index is 3.76. The SMILES string of the molecule is CC1CC(NCC2CCCCN2C)CN1C. The third kappa shape index (κ3) is 2.96. The second kappa shape index (κ2) is 5.48. The molecule has 2 rings (SSSR count). The van der Waals surface area contributed by atoms with E-state index in [-0.39, 0.29) is 0 Å². The van der Waals surface area contributed by atoms with Gasteiger partial charge in [-0.2, -0.15) is 0 Å². The van der Waals surface area contributed by atoms with Crippen molar-refractivity contribution in [1.82, 2.24) is 15.1 Å². The van der Waals surface area contributed by atoms with Gasteiger partial charge in [-0.1, -0.05) is 6.42 Å². The van der Waals surface area contributed by atoms with Crippen molar-refractivity contribution in [2.75, 3.05) is 33.7 Å². The molecule has 3 atom stereocenters. The number of likely N-dealkylation sites (N-methyl/N-ethyl adjacent to an activating group) is 2. The number of nitrogens with one attached hydrogen (secondary N) is 1. The summed E-state index contributed by atoms with van der Waals surface area (Å²) in [6.07, 6.45) is 5.49. The molecule has 0 bridgehead atoms. The van der Waals surface area contributed by atoms with E-state index in [0.29, 0.717) is 0 Å². The van der Waals surface area contributed by atoms with Crippen molar-refractivity contribution in [3.05, 3.63) is 0 Å². The summed E-state index contributed by atoms with van der Waals surface area (Å²) in [7, 11) is 4.51. The summed E-state index contributed by atoms with van der Waals surface area (Å²) in [4.78, 5) is 4.99. The minimum atomic E-state index is 0.718. The molecule has 0 aliphatic carbocycles. The molecule has 94 valence electrons. The van der Waals surface area contributed by atoms with Crippen LogP contribution in [0.1, 0.15) is 32.6 Å². The molecule has 2 fully saturated rings. The van der Waals surface area contributed by atoms with Gasteiger partial charge in [-0.25, -0.2) is 0 Å². The van der Waals surface area contributed by atoms with Gasteiger partial charge in [0.1, 0.15) is 0 Å². The quantitative estimate of drug-likeness (QED) is 0.777. The molecule has 0 aromatic carbocycles. The minimum Gasteiger partial charge on any atom is -0.311 e. The lowest BCUT2D eigenvalue weighted by Crippen LogP contribution is -2.46. The van der Waals surface area contributed by atoms with Crippen molar-refractivity contribution in [1.29, 1.82) is 0 Å². The highest BCUT2D eigenvalue weighted by molar-refractivity contribution is 4.87. The lowest BCUT2D eigenvalue weighted by Gasteiger charge is -2.33. The molecule has 2 aliphatic heterocycles. The van der Waals surface area contributed by atoms with Crippen LogP contribution in [0.15, 0.2) is 0 Å². The first kappa shape index (κ1) is 12.3. The zero-order valence-electron chi connectivity index (χ0n) is 11.1. The first-order valence-electron chi connectivity index (χ1n) is 6.80. The molecule has 3 nitrogen and oxygen atoms in total. The predicted octanol–water partition coefficient (Wildman–Crippen LogP) is 1.15. The zero-order chi connectivity index (χ0) is 11.5. The van der Waals surface area contributed by atoms with Gasteiger partial charge in [-0.05, 0) is 46.8 Å². The van der Waals surface area contributed by atoms with Crippen LogP contribution in [0.4, 0.5) is 0 Å². The molecule has 0 amide bonds. The minimum absolute atomic E-state index is 0.718. The van der Waals surface area contributed by atoms with Gasteiger partial charge in [0.2, 0.25) is 0 Å². The number of piperidine rings is 1. The van der Waals surface area contributed by atoms with Crippen LogP contribution in [0.2, 0.25) is 0 Å². The molecular formula is C13H27N3. The lowest BCUT2D eigenvalue weighted by atomic mass is 10.0. The lowest BCUT2D eigenvalue weighted by molar-refractivity contribution is 0.178. The number of nitrogens with zero attached hydrogens (tertiary/aromatic N) is 2. The molecule has 3 unspecified atom stereocenters. The maximum atomic E-state index is 3.76. The molecule has 0 spiro atoms. The molecule has 1 N–H and O–H groups in total. The van der Waals surface area contributed by atoms with E-state index in [1.165, 1.54) is 45.3 Å². The van der Waals surface area contributed by atoms with Crippen LogP contribution < -0.4 is 5.32 Å². The smallest absolute Gasteiger partial charge is 0.0217 e. The molecule has 3 heteroatoms. The average molecular weight is 225 g/mol. The van der Waals surface area contributed by atoms with Crippen molar-refractivity contribution in [2.45, 2.75) is 50.7 Å². The highest BCUT2D eigenvalue weighted by Gasteiger charge is 2.27. The standard InChI is InChI=1S/C13H27N3/c1-11-8-12(10-16(11)3)14-9-13-6-4-5-7-15(13)2/h11-14H,4-10H2,1-3H3. The number of hydrogen-bond donors (Lipinski definition) is 1. The Hall–Kier alpha value is -0.120. The van der Waals surface area contributed by atoms with Gasteiger partial charge < -0.3 is 15.1 Å². The summed E-state index contributed by atoms with van der Waals surface area (Å²) >= 11 is 0. The molecule has 0 aromatic rings. The molecule has 2 heterocycles. The summed E-state index contributed by atoms with van der Waals surface area (Å²) in [5, 5.41) is 3.76. The van der Waals surface area contributed by atoms with Crippen LogP contribution in [0.25, 0.3) is 0 Å². The highest BCUT2D eigenvalue weighted by Crippen LogP contribution is 2.17. The molecule has 0 saturated carbocycles. The van der Waals surface area contributed by atoms with Crippen LogP contribution in [0.3, 0.4) is 0 Å². The fourth-order valence-electron chi connectivity index (χ4n) is 3.05. The summed E-state index contributed by atoms with van der Waals surface area (Å²) in [5.74, 6) is 0. The van der Waals surface area contributed by atoms with Crippen molar-refractivity contribution >= 4 is 0 Å². The van der Waals surface area contributed by atoms with Gasteiger partial charge in [-0.15, -0.1) is 0 Å². The summed E-state index contributed by atoms with van der Waals surface area (Å²) in [6, 6.07) is 2.24. The Morgan fingerprint density at radius 3 is 2.62 bits per heavy atom. The van der Waals surface area contributed by atoms with Gasteiger partial charge in [-0.3, -0.25) is 0 Å². The Kier molecular flexibility index (Phi) is 4.22. The van der Waals surface area contributed by atoms with E-state index in [1.807, 2.05) is 0 Å². The Morgan fingerprint density at radius 1 is 1.19 bits per heavy atom. The van der Waals surface area contributed by atoms with E-state index >= 15 is 0 Å². The third-order valence-electron chi connectivity index (χ3n) is 4.45. The van der Waals surface area contributed by atoms with Crippen LogP contribution in [0, 0.1) is 0 Å². The molecule has 2 saturated heterocycles. The first-order valence-corrected chi connectivity index (χ1v) is 6.80. The van der Waals surface area contributed by atoms with E-state index < -0.39 is 0 Å². The number of hydrogen-bond acceptors (Lipinski definition) is 3. The van der Waals surface area contributed by atoms with Crippen molar-refractivity contribution < 1.29 is 0 Å². The Morgan fingerprint density at radius 2 is 2.00 bits per heavy atom.